The Bertz CT molecular complexity index is 824. The summed E-state index contributed by atoms with van der Waals surface area (Å²) in [6, 6.07) is 14.9. The second kappa shape index (κ2) is 9.22. The predicted octanol–water partition coefficient (Wildman–Crippen LogP) is 3.14. The van der Waals surface area contributed by atoms with E-state index in [1.165, 1.54) is 0 Å². The molecule has 2 aliphatic rings. The van der Waals surface area contributed by atoms with E-state index in [1.54, 1.807) is 24.3 Å². The monoisotopic (exact) mass is 379 g/mol. The SMILES string of the molecule is N#Cc1ccc(Oc2ccc(B3OCCO3)c(COC3CCCCO3)c2)cc1. The fourth-order valence-electron chi connectivity index (χ4n) is 3.30. The van der Waals surface area contributed by atoms with Crippen LogP contribution in [-0.2, 0) is 25.4 Å². The minimum atomic E-state index is -0.380. The normalized spacial score (nSPS) is 19.4. The average molecular weight is 379 g/mol. The fraction of sp³-hybridized carbons (Fsp3) is 0.381. The number of nitrogens with zero attached hydrogens (tertiary/aromatic N) is 1. The Balaban J connectivity index is 1.51. The summed E-state index contributed by atoms with van der Waals surface area (Å²) in [6.07, 6.45) is 2.94. The summed E-state index contributed by atoms with van der Waals surface area (Å²) in [7, 11) is -0.380. The molecule has 1 atom stereocenters. The minimum absolute atomic E-state index is 0.171. The van der Waals surface area contributed by atoms with Gasteiger partial charge in [-0.2, -0.15) is 5.26 Å². The highest BCUT2D eigenvalue weighted by molar-refractivity contribution is 6.62. The van der Waals surface area contributed by atoms with E-state index in [-0.39, 0.29) is 13.4 Å². The van der Waals surface area contributed by atoms with E-state index in [0.29, 0.717) is 36.9 Å². The molecule has 0 radical (unpaired) electrons. The van der Waals surface area contributed by atoms with Gasteiger partial charge in [0.2, 0.25) is 0 Å². The summed E-state index contributed by atoms with van der Waals surface area (Å²) in [5, 5.41) is 8.92. The molecule has 0 N–H and O–H groups in total. The van der Waals surface area contributed by atoms with Crippen LogP contribution in [-0.4, -0.2) is 33.2 Å². The molecule has 7 heteroatoms. The first-order valence-electron chi connectivity index (χ1n) is 9.59. The van der Waals surface area contributed by atoms with Gasteiger partial charge in [0.05, 0.1) is 31.5 Å². The Morgan fingerprint density at radius 1 is 1.00 bits per heavy atom. The van der Waals surface area contributed by atoms with Gasteiger partial charge in [-0.3, -0.25) is 0 Å². The van der Waals surface area contributed by atoms with Crippen LogP contribution < -0.4 is 10.2 Å². The van der Waals surface area contributed by atoms with Crippen molar-refractivity contribution in [1.29, 1.82) is 5.26 Å². The van der Waals surface area contributed by atoms with Crippen molar-refractivity contribution in [2.75, 3.05) is 19.8 Å². The molecule has 4 rings (SSSR count). The maximum atomic E-state index is 8.92. The molecule has 0 aliphatic carbocycles. The van der Waals surface area contributed by atoms with Crippen LogP contribution in [0.3, 0.4) is 0 Å². The number of hydrogen-bond donors (Lipinski definition) is 0. The molecule has 2 aromatic carbocycles. The van der Waals surface area contributed by atoms with E-state index in [2.05, 4.69) is 6.07 Å². The van der Waals surface area contributed by atoms with E-state index in [1.807, 2.05) is 18.2 Å². The molecule has 2 aromatic rings. The highest BCUT2D eigenvalue weighted by Gasteiger charge is 2.29. The second-order valence-corrected chi connectivity index (χ2v) is 6.78. The van der Waals surface area contributed by atoms with Crippen LogP contribution in [0, 0.1) is 11.3 Å². The van der Waals surface area contributed by atoms with Crippen LogP contribution in [0.5, 0.6) is 11.5 Å². The molecule has 2 saturated heterocycles. The van der Waals surface area contributed by atoms with Crippen molar-refractivity contribution >= 4 is 12.6 Å². The van der Waals surface area contributed by atoms with Crippen LogP contribution in [0.4, 0.5) is 0 Å². The van der Waals surface area contributed by atoms with Gasteiger partial charge < -0.3 is 23.5 Å². The molecule has 2 heterocycles. The molecule has 0 spiro atoms. The van der Waals surface area contributed by atoms with Gasteiger partial charge in [0.1, 0.15) is 11.5 Å². The topological polar surface area (TPSA) is 69.9 Å². The third-order valence-corrected chi connectivity index (χ3v) is 4.77. The molecule has 0 amide bonds. The van der Waals surface area contributed by atoms with Gasteiger partial charge in [0.15, 0.2) is 6.29 Å². The van der Waals surface area contributed by atoms with E-state index >= 15 is 0 Å². The second-order valence-electron chi connectivity index (χ2n) is 6.78. The summed E-state index contributed by atoms with van der Waals surface area (Å²) >= 11 is 0. The van der Waals surface area contributed by atoms with Crippen molar-refractivity contribution in [1.82, 2.24) is 0 Å². The quantitative estimate of drug-likeness (QED) is 0.719. The van der Waals surface area contributed by atoms with Crippen molar-refractivity contribution in [3.8, 4) is 17.6 Å². The molecule has 0 saturated carbocycles. The largest absolute Gasteiger partial charge is 0.494 e. The first-order valence-corrected chi connectivity index (χ1v) is 9.59. The number of nitriles is 1. The van der Waals surface area contributed by atoms with Crippen molar-refractivity contribution in [3.63, 3.8) is 0 Å². The first kappa shape index (κ1) is 19.0. The van der Waals surface area contributed by atoms with Crippen LogP contribution in [0.15, 0.2) is 42.5 Å². The lowest BCUT2D eigenvalue weighted by Crippen LogP contribution is -2.35. The molecular weight excluding hydrogens is 357 g/mol. The van der Waals surface area contributed by atoms with Crippen LogP contribution >= 0.6 is 0 Å². The van der Waals surface area contributed by atoms with Crippen molar-refractivity contribution in [2.24, 2.45) is 0 Å². The first-order chi connectivity index (χ1) is 13.8. The maximum Gasteiger partial charge on any atom is 0.494 e. The smallest absolute Gasteiger partial charge is 0.457 e. The van der Waals surface area contributed by atoms with E-state index in [0.717, 1.165) is 36.9 Å². The lowest BCUT2D eigenvalue weighted by atomic mass is 9.76. The van der Waals surface area contributed by atoms with Crippen molar-refractivity contribution < 1.29 is 23.5 Å². The zero-order chi connectivity index (χ0) is 19.2. The Morgan fingerprint density at radius 3 is 2.50 bits per heavy atom. The number of rotatable bonds is 6. The Morgan fingerprint density at radius 2 is 1.79 bits per heavy atom. The Labute approximate surface area is 165 Å². The zero-order valence-corrected chi connectivity index (χ0v) is 15.6. The van der Waals surface area contributed by atoms with Gasteiger partial charge in [-0.15, -0.1) is 0 Å². The summed E-state index contributed by atoms with van der Waals surface area (Å²) in [4.78, 5) is 0. The summed E-state index contributed by atoms with van der Waals surface area (Å²) < 4.78 is 28.9. The third-order valence-electron chi connectivity index (χ3n) is 4.77. The van der Waals surface area contributed by atoms with Gasteiger partial charge in [-0.05, 0) is 66.7 Å². The van der Waals surface area contributed by atoms with E-state index < -0.39 is 0 Å². The highest BCUT2D eigenvalue weighted by atomic mass is 16.7. The zero-order valence-electron chi connectivity index (χ0n) is 15.6. The molecule has 28 heavy (non-hydrogen) atoms. The lowest BCUT2D eigenvalue weighted by Gasteiger charge is -2.23. The van der Waals surface area contributed by atoms with Gasteiger partial charge >= 0.3 is 7.12 Å². The summed E-state index contributed by atoms with van der Waals surface area (Å²) in [5.41, 5.74) is 2.49. The Hall–Kier alpha value is -2.37. The molecule has 2 fully saturated rings. The van der Waals surface area contributed by atoms with Gasteiger partial charge in [-0.1, -0.05) is 6.07 Å². The van der Waals surface area contributed by atoms with E-state index in [9.17, 15) is 0 Å². The lowest BCUT2D eigenvalue weighted by molar-refractivity contribution is -0.168. The number of ether oxygens (including phenoxy) is 3. The number of hydrogen-bond acceptors (Lipinski definition) is 6. The van der Waals surface area contributed by atoms with Crippen molar-refractivity contribution in [2.45, 2.75) is 32.2 Å². The van der Waals surface area contributed by atoms with E-state index in [4.69, 9.17) is 28.8 Å². The standard InChI is InChI=1S/C21H22BNO5/c23-14-16-4-6-18(7-5-16)28-19-8-9-20(22-26-11-12-27-22)17(13-19)15-25-21-3-1-2-10-24-21/h4-9,13,21H,1-3,10-12,15H2. The highest BCUT2D eigenvalue weighted by Crippen LogP contribution is 2.24. The van der Waals surface area contributed by atoms with Gasteiger partial charge in [0, 0.05) is 6.61 Å². The maximum absolute atomic E-state index is 8.92. The average Bonchev–Trinajstić information content (AvgIpc) is 3.28. The van der Waals surface area contributed by atoms with Crippen molar-refractivity contribution in [3.05, 3.63) is 53.6 Å². The van der Waals surface area contributed by atoms with Crippen LogP contribution in [0.1, 0.15) is 30.4 Å². The molecule has 2 aliphatic heterocycles. The summed E-state index contributed by atoms with van der Waals surface area (Å²) in [6.45, 7) is 2.31. The van der Waals surface area contributed by atoms with Gasteiger partial charge in [-0.25, -0.2) is 0 Å². The molecule has 0 aromatic heterocycles. The Kier molecular flexibility index (Phi) is 6.25. The van der Waals surface area contributed by atoms with Gasteiger partial charge in [0.25, 0.3) is 0 Å². The summed E-state index contributed by atoms with van der Waals surface area (Å²) in [5.74, 6) is 1.36. The minimum Gasteiger partial charge on any atom is -0.457 e. The molecule has 1 unspecified atom stereocenters. The molecule has 0 bridgehead atoms. The molecule has 144 valence electrons. The van der Waals surface area contributed by atoms with Crippen LogP contribution in [0.2, 0.25) is 0 Å². The fourth-order valence-corrected chi connectivity index (χ4v) is 3.30. The predicted molar refractivity (Wildman–Crippen MR) is 103 cm³/mol. The number of benzene rings is 2. The molecule has 6 nitrogen and oxygen atoms in total. The molecular formula is C21H22BNO5. The third kappa shape index (κ3) is 4.72. The van der Waals surface area contributed by atoms with Crippen LogP contribution in [0.25, 0.3) is 0 Å².